The van der Waals surface area contributed by atoms with E-state index in [9.17, 15) is 4.79 Å². The zero-order valence-electron chi connectivity index (χ0n) is 16.0. The van der Waals surface area contributed by atoms with E-state index in [4.69, 9.17) is 9.62 Å². The minimum absolute atomic E-state index is 0.0125. The average Bonchev–Trinajstić information content (AvgIpc) is 2.56. The van der Waals surface area contributed by atoms with Gasteiger partial charge in [-0.1, -0.05) is 27.7 Å². The van der Waals surface area contributed by atoms with Gasteiger partial charge in [-0.2, -0.15) is 4.89 Å². The number of hydrogen-bond donors (Lipinski definition) is 0. The van der Waals surface area contributed by atoms with Gasteiger partial charge >= 0.3 is 5.97 Å². The lowest BCUT2D eigenvalue weighted by atomic mass is 9.59. The number of carbonyl (C=O) groups excluding carboxylic acids is 1. The maximum absolute atomic E-state index is 11.8. The maximum Gasteiger partial charge on any atom is 0.308 e. The SMILES string of the molecule is CCC(C)C(=O)OCC1CC(=C=CCC/C(C)=C/OOC)C1(C)C. The smallest absolute Gasteiger partial charge is 0.308 e. The first kappa shape index (κ1) is 20.5. The van der Waals surface area contributed by atoms with E-state index in [0.29, 0.717) is 12.5 Å². The van der Waals surface area contributed by atoms with Crippen LogP contribution in [-0.4, -0.2) is 19.7 Å². The van der Waals surface area contributed by atoms with E-state index in [1.54, 1.807) is 6.26 Å². The van der Waals surface area contributed by atoms with Crippen molar-refractivity contribution in [1.29, 1.82) is 0 Å². The molecule has 1 fully saturated rings. The Morgan fingerprint density at radius 1 is 1.46 bits per heavy atom. The number of ether oxygens (including phenoxy) is 1. The number of allylic oxidation sites excluding steroid dienone is 2. The number of esters is 1. The summed E-state index contributed by atoms with van der Waals surface area (Å²) < 4.78 is 5.45. The van der Waals surface area contributed by atoms with Crippen LogP contribution in [0, 0.1) is 17.3 Å². The first-order chi connectivity index (χ1) is 11.3. The van der Waals surface area contributed by atoms with Crippen molar-refractivity contribution in [2.24, 2.45) is 17.3 Å². The number of hydrogen-bond acceptors (Lipinski definition) is 4. The summed E-state index contributed by atoms with van der Waals surface area (Å²) in [6.07, 6.45) is 7.32. The van der Waals surface area contributed by atoms with Crippen LogP contribution >= 0.6 is 0 Å². The Balaban J connectivity index is 2.45. The van der Waals surface area contributed by atoms with Crippen molar-refractivity contribution in [2.75, 3.05) is 13.7 Å². The van der Waals surface area contributed by atoms with Crippen LogP contribution < -0.4 is 0 Å². The molecule has 4 heteroatoms. The van der Waals surface area contributed by atoms with Gasteiger partial charge in [-0.25, -0.2) is 0 Å². The van der Waals surface area contributed by atoms with Crippen molar-refractivity contribution in [3.8, 4) is 0 Å². The standard InChI is InChI=1S/C20H32O4/c1-7-16(3)19(21)23-14-18-12-17(20(18,4)5)11-9-8-10-15(2)13-24-22-6/h9,13,16,18H,7-8,10,12,14H2,1-6H3/b15-13+. The second-order valence-corrected chi connectivity index (χ2v) is 7.15. The molecule has 4 nitrogen and oxygen atoms in total. The highest BCUT2D eigenvalue weighted by molar-refractivity contribution is 5.71. The highest BCUT2D eigenvalue weighted by atomic mass is 17.2. The van der Waals surface area contributed by atoms with Gasteiger partial charge in [-0.3, -0.25) is 4.79 Å². The van der Waals surface area contributed by atoms with E-state index in [0.717, 1.165) is 31.3 Å². The molecule has 0 bridgehead atoms. The lowest BCUT2D eigenvalue weighted by Gasteiger charge is -2.45. The van der Waals surface area contributed by atoms with Crippen molar-refractivity contribution in [3.63, 3.8) is 0 Å². The lowest BCUT2D eigenvalue weighted by Crippen LogP contribution is -2.41. The van der Waals surface area contributed by atoms with Gasteiger partial charge < -0.3 is 9.62 Å². The molecule has 2 atom stereocenters. The molecule has 1 aliphatic rings. The Kier molecular flexibility index (Phi) is 8.30. The molecule has 0 saturated heterocycles. The quantitative estimate of drug-likeness (QED) is 0.196. The second-order valence-electron chi connectivity index (χ2n) is 7.15. The van der Waals surface area contributed by atoms with Crippen LogP contribution in [0.1, 0.15) is 60.3 Å². The first-order valence-corrected chi connectivity index (χ1v) is 8.79. The summed E-state index contributed by atoms with van der Waals surface area (Å²) in [5, 5.41) is 0. The largest absolute Gasteiger partial charge is 0.465 e. The molecular weight excluding hydrogens is 304 g/mol. The molecule has 1 rings (SSSR count). The minimum Gasteiger partial charge on any atom is -0.465 e. The number of rotatable bonds is 9. The Labute approximate surface area is 146 Å². The Morgan fingerprint density at radius 3 is 2.75 bits per heavy atom. The van der Waals surface area contributed by atoms with E-state index in [1.807, 2.05) is 20.8 Å². The van der Waals surface area contributed by atoms with E-state index >= 15 is 0 Å². The van der Waals surface area contributed by atoms with E-state index < -0.39 is 0 Å². The third kappa shape index (κ3) is 5.85. The van der Waals surface area contributed by atoms with Crippen LogP contribution in [0.5, 0.6) is 0 Å². The normalized spacial score (nSPS) is 20.7. The second kappa shape index (κ2) is 9.71. The fourth-order valence-corrected chi connectivity index (χ4v) is 2.57. The summed E-state index contributed by atoms with van der Waals surface area (Å²) in [5.41, 5.74) is 5.91. The average molecular weight is 336 g/mol. The van der Waals surface area contributed by atoms with Gasteiger partial charge in [0.25, 0.3) is 0 Å². The molecule has 1 aliphatic carbocycles. The topological polar surface area (TPSA) is 44.8 Å². The molecule has 1 saturated carbocycles. The third-order valence-corrected chi connectivity index (χ3v) is 5.00. The summed E-state index contributed by atoms with van der Waals surface area (Å²) in [5.74, 6) is 0.293. The highest BCUT2D eigenvalue weighted by Gasteiger charge is 2.44. The Hall–Kier alpha value is -1.51. The van der Waals surface area contributed by atoms with E-state index in [-0.39, 0.29) is 17.3 Å². The van der Waals surface area contributed by atoms with Gasteiger partial charge in [0.15, 0.2) is 0 Å². The minimum atomic E-state index is -0.0817. The zero-order chi connectivity index (χ0) is 18.2. The van der Waals surface area contributed by atoms with Gasteiger partial charge in [-0.15, -0.1) is 5.73 Å². The van der Waals surface area contributed by atoms with Gasteiger partial charge in [0.1, 0.15) is 6.26 Å². The van der Waals surface area contributed by atoms with Gasteiger partial charge in [0, 0.05) is 5.92 Å². The molecule has 24 heavy (non-hydrogen) atoms. The van der Waals surface area contributed by atoms with Crippen LogP contribution in [0.25, 0.3) is 0 Å². The van der Waals surface area contributed by atoms with Gasteiger partial charge in [-0.05, 0) is 55.2 Å². The highest BCUT2D eigenvalue weighted by Crippen LogP contribution is 2.50. The van der Waals surface area contributed by atoms with Crippen LogP contribution in [-0.2, 0) is 19.3 Å². The lowest BCUT2D eigenvalue weighted by molar-refractivity contribution is -0.223. The monoisotopic (exact) mass is 336 g/mol. The Morgan fingerprint density at radius 2 is 2.17 bits per heavy atom. The van der Waals surface area contributed by atoms with Crippen molar-refractivity contribution >= 4 is 5.97 Å². The molecule has 0 radical (unpaired) electrons. The summed E-state index contributed by atoms with van der Waals surface area (Å²) in [6, 6.07) is 0. The molecule has 0 amide bonds. The van der Waals surface area contributed by atoms with E-state index in [2.05, 4.69) is 30.5 Å². The van der Waals surface area contributed by atoms with Crippen molar-refractivity contribution in [3.05, 3.63) is 29.2 Å². The van der Waals surface area contributed by atoms with Crippen molar-refractivity contribution in [2.45, 2.75) is 60.3 Å². The maximum atomic E-state index is 11.8. The van der Waals surface area contributed by atoms with Crippen molar-refractivity contribution in [1.82, 2.24) is 0 Å². The third-order valence-electron chi connectivity index (χ3n) is 5.00. The molecule has 2 unspecified atom stereocenters. The molecule has 0 aromatic rings. The molecular formula is C20H32O4. The predicted octanol–water partition coefficient (Wildman–Crippen LogP) is 4.97. The van der Waals surface area contributed by atoms with Crippen molar-refractivity contribution < 1.29 is 19.3 Å². The molecule has 0 heterocycles. The van der Waals surface area contributed by atoms with Crippen LogP contribution in [0.2, 0.25) is 0 Å². The molecule has 0 aromatic carbocycles. The predicted molar refractivity (Wildman–Crippen MR) is 95.0 cm³/mol. The van der Waals surface area contributed by atoms with Crippen LogP contribution in [0.4, 0.5) is 0 Å². The van der Waals surface area contributed by atoms with Gasteiger partial charge in [0.2, 0.25) is 0 Å². The summed E-state index contributed by atoms with van der Waals surface area (Å²) in [4.78, 5) is 21.1. The molecule has 0 aliphatic heterocycles. The molecule has 136 valence electrons. The van der Waals surface area contributed by atoms with Gasteiger partial charge in [0.05, 0.1) is 19.6 Å². The molecule has 0 spiro atoms. The zero-order valence-corrected chi connectivity index (χ0v) is 16.0. The fraction of sp³-hybridized carbons (Fsp3) is 0.700. The summed E-state index contributed by atoms with van der Waals surface area (Å²) in [7, 11) is 1.49. The van der Waals surface area contributed by atoms with E-state index in [1.165, 1.54) is 12.7 Å². The van der Waals surface area contributed by atoms with Crippen LogP contribution in [0.3, 0.4) is 0 Å². The summed E-state index contributed by atoms with van der Waals surface area (Å²) in [6.45, 7) is 10.8. The molecule has 0 N–H and O–H groups in total. The summed E-state index contributed by atoms with van der Waals surface area (Å²) >= 11 is 0. The fourth-order valence-electron chi connectivity index (χ4n) is 2.57. The first-order valence-electron chi connectivity index (χ1n) is 8.79. The Bertz CT molecular complexity index is 510. The van der Waals surface area contributed by atoms with Crippen LogP contribution in [0.15, 0.2) is 29.2 Å². The molecule has 0 aromatic heterocycles. The number of carbonyl (C=O) groups is 1.